The van der Waals surface area contributed by atoms with E-state index in [1.54, 1.807) is 0 Å². The van der Waals surface area contributed by atoms with Gasteiger partial charge in [0.05, 0.1) is 18.8 Å². The maximum Gasteiger partial charge on any atom is 0.204 e. The highest BCUT2D eigenvalue weighted by Crippen LogP contribution is 2.21. The summed E-state index contributed by atoms with van der Waals surface area (Å²) in [5.41, 5.74) is -0.304. The summed E-state index contributed by atoms with van der Waals surface area (Å²) in [5.74, 6) is 0. The Kier molecular flexibility index (Phi) is 5.55. The summed E-state index contributed by atoms with van der Waals surface area (Å²) in [6.45, 7) is 7.32. The molecule has 2 aliphatic heterocycles. The van der Waals surface area contributed by atoms with Crippen LogP contribution in [0.1, 0.15) is 19.8 Å². The van der Waals surface area contributed by atoms with Crippen molar-refractivity contribution in [2.75, 3.05) is 13.2 Å². The van der Waals surface area contributed by atoms with Crippen molar-refractivity contribution in [3.63, 3.8) is 0 Å². The van der Waals surface area contributed by atoms with Crippen molar-refractivity contribution in [1.82, 2.24) is 5.32 Å². The highest BCUT2D eigenvalue weighted by molar-refractivity contribution is 7.80. The van der Waals surface area contributed by atoms with Crippen LogP contribution in [0.5, 0.6) is 0 Å². The Balaban J connectivity index is 0.000000213. The topological polar surface area (TPSA) is 30.5 Å². The first-order chi connectivity index (χ1) is 6.77. The van der Waals surface area contributed by atoms with Crippen molar-refractivity contribution in [2.45, 2.75) is 37.5 Å². The summed E-state index contributed by atoms with van der Waals surface area (Å²) < 4.78 is 10.6. The Hall–Kier alpha value is -0.0300. The van der Waals surface area contributed by atoms with E-state index in [2.05, 4.69) is 31.4 Å². The van der Waals surface area contributed by atoms with E-state index >= 15 is 0 Å². The Morgan fingerprint density at radius 3 is 3.00 bits per heavy atom. The molecule has 1 N–H and O–H groups in total. The summed E-state index contributed by atoms with van der Waals surface area (Å²) in [5, 5.41) is 3.30. The highest BCUT2D eigenvalue weighted by atomic mass is 32.1. The summed E-state index contributed by atoms with van der Waals surface area (Å²) >= 11 is 4.07. The molecule has 2 rings (SSSR count). The zero-order valence-corrected chi connectivity index (χ0v) is 9.50. The molecule has 0 spiro atoms. The van der Waals surface area contributed by atoms with Gasteiger partial charge in [-0.3, -0.25) is 0 Å². The molecule has 2 heterocycles. The van der Waals surface area contributed by atoms with Gasteiger partial charge in [0.15, 0.2) is 0 Å². The summed E-state index contributed by atoms with van der Waals surface area (Å²) in [4.78, 5) is 0. The van der Waals surface area contributed by atoms with Crippen LogP contribution >= 0.6 is 12.6 Å². The van der Waals surface area contributed by atoms with Gasteiger partial charge in [-0.2, -0.15) is 0 Å². The van der Waals surface area contributed by atoms with Crippen molar-refractivity contribution in [3.05, 3.63) is 12.7 Å². The fourth-order valence-electron chi connectivity index (χ4n) is 1.45. The van der Waals surface area contributed by atoms with E-state index in [4.69, 9.17) is 9.47 Å². The van der Waals surface area contributed by atoms with Gasteiger partial charge in [-0.05, 0) is 19.4 Å². The van der Waals surface area contributed by atoms with Crippen molar-refractivity contribution >= 4 is 12.6 Å². The second-order valence-electron chi connectivity index (χ2n) is 3.36. The van der Waals surface area contributed by atoms with Crippen molar-refractivity contribution in [3.8, 4) is 0 Å². The predicted molar refractivity (Wildman–Crippen MR) is 60.5 cm³/mol. The molecule has 14 heavy (non-hydrogen) atoms. The molecule has 0 amide bonds. The number of nitrogens with one attached hydrogen (secondary N) is 1. The lowest BCUT2D eigenvalue weighted by atomic mass is 10.2. The molecule has 82 valence electrons. The molecule has 0 bridgehead atoms. The Bertz CT molecular complexity index is 178. The summed E-state index contributed by atoms with van der Waals surface area (Å²) in [7, 11) is 0. The first-order valence-electron chi connectivity index (χ1n) is 5.07. The quantitative estimate of drug-likeness (QED) is 0.516. The number of rotatable bonds is 1. The Morgan fingerprint density at radius 2 is 2.36 bits per heavy atom. The van der Waals surface area contributed by atoms with Crippen LogP contribution in [0.2, 0.25) is 0 Å². The molecule has 2 aliphatic rings. The van der Waals surface area contributed by atoms with Crippen LogP contribution in [-0.4, -0.2) is 30.9 Å². The number of ether oxygens (including phenoxy) is 2. The molecule has 4 heteroatoms. The van der Waals surface area contributed by atoms with Gasteiger partial charge in [0, 0.05) is 0 Å². The monoisotopic (exact) mass is 217 g/mol. The zero-order chi connectivity index (χ0) is 10.4. The molecule has 3 atom stereocenters. The van der Waals surface area contributed by atoms with Crippen molar-refractivity contribution < 1.29 is 9.47 Å². The zero-order valence-electron chi connectivity index (χ0n) is 8.61. The minimum atomic E-state index is -0.304. The largest absolute Gasteiger partial charge is 0.342 e. The van der Waals surface area contributed by atoms with Crippen LogP contribution in [0.4, 0.5) is 0 Å². The lowest BCUT2D eigenvalue weighted by Crippen LogP contribution is -2.43. The SMILES string of the molecule is C=CCC.SC1OCC2NCCC2O1. The van der Waals surface area contributed by atoms with Crippen LogP contribution in [0.25, 0.3) is 0 Å². The smallest absolute Gasteiger partial charge is 0.204 e. The van der Waals surface area contributed by atoms with E-state index in [1.165, 1.54) is 0 Å². The Morgan fingerprint density at radius 1 is 1.64 bits per heavy atom. The van der Waals surface area contributed by atoms with Crippen molar-refractivity contribution in [2.24, 2.45) is 0 Å². The fourth-order valence-corrected chi connectivity index (χ4v) is 1.69. The average molecular weight is 217 g/mol. The summed E-state index contributed by atoms with van der Waals surface area (Å²) in [6.07, 6.45) is 4.38. The molecule has 0 saturated carbocycles. The van der Waals surface area contributed by atoms with E-state index in [0.29, 0.717) is 12.1 Å². The number of fused-ring (bicyclic) bond motifs is 1. The van der Waals surface area contributed by atoms with Crippen LogP contribution < -0.4 is 5.32 Å². The Labute approximate surface area is 91.3 Å². The average Bonchev–Trinajstić information content (AvgIpc) is 2.65. The maximum atomic E-state index is 5.39. The predicted octanol–water partition coefficient (Wildman–Crippen LogP) is 1.56. The highest BCUT2D eigenvalue weighted by Gasteiger charge is 2.33. The van der Waals surface area contributed by atoms with E-state index in [1.807, 2.05) is 6.08 Å². The third-order valence-corrected chi connectivity index (χ3v) is 2.55. The van der Waals surface area contributed by atoms with E-state index < -0.39 is 0 Å². The number of hydrogen-bond acceptors (Lipinski definition) is 4. The lowest BCUT2D eigenvalue weighted by molar-refractivity contribution is -0.165. The third-order valence-electron chi connectivity index (χ3n) is 2.28. The molecular formula is C10H19NO2S. The number of allylic oxidation sites excluding steroid dienone is 1. The fraction of sp³-hybridized carbons (Fsp3) is 0.800. The standard InChI is InChI=1S/C6H11NO2S.C4H8/c10-6-8-3-4-5(9-6)1-2-7-4;1-3-4-2/h4-7,10H,1-3H2;3H,1,4H2,2H3. The van der Waals surface area contributed by atoms with Gasteiger partial charge in [-0.25, -0.2) is 0 Å². The molecule has 2 fully saturated rings. The molecular weight excluding hydrogens is 198 g/mol. The van der Waals surface area contributed by atoms with E-state index in [9.17, 15) is 0 Å². The van der Waals surface area contributed by atoms with E-state index in [-0.39, 0.29) is 5.62 Å². The van der Waals surface area contributed by atoms with Crippen LogP contribution in [0.3, 0.4) is 0 Å². The van der Waals surface area contributed by atoms with Gasteiger partial charge in [-0.15, -0.1) is 19.2 Å². The van der Waals surface area contributed by atoms with Gasteiger partial charge >= 0.3 is 0 Å². The number of thiol groups is 1. The number of hydrogen-bond donors (Lipinski definition) is 2. The van der Waals surface area contributed by atoms with E-state index in [0.717, 1.165) is 26.0 Å². The lowest BCUT2D eigenvalue weighted by Gasteiger charge is -2.29. The van der Waals surface area contributed by atoms with Crippen LogP contribution in [0.15, 0.2) is 12.7 Å². The van der Waals surface area contributed by atoms with Gasteiger partial charge in [-0.1, -0.05) is 13.0 Å². The molecule has 0 radical (unpaired) electrons. The minimum Gasteiger partial charge on any atom is -0.342 e. The second kappa shape index (κ2) is 6.45. The molecule has 3 unspecified atom stereocenters. The van der Waals surface area contributed by atoms with Gasteiger partial charge in [0.2, 0.25) is 5.62 Å². The first kappa shape index (κ1) is 12.0. The normalized spacial score (nSPS) is 35.4. The van der Waals surface area contributed by atoms with Gasteiger partial charge < -0.3 is 14.8 Å². The molecule has 0 aromatic heterocycles. The molecule has 0 aromatic carbocycles. The first-order valence-corrected chi connectivity index (χ1v) is 5.59. The molecule has 0 aromatic rings. The van der Waals surface area contributed by atoms with Gasteiger partial charge in [0.25, 0.3) is 0 Å². The molecule has 2 saturated heterocycles. The molecule has 3 nitrogen and oxygen atoms in total. The minimum absolute atomic E-state index is 0.304. The third kappa shape index (κ3) is 3.61. The van der Waals surface area contributed by atoms with Crippen molar-refractivity contribution in [1.29, 1.82) is 0 Å². The second-order valence-corrected chi connectivity index (χ2v) is 3.78. The van der Waals surface area contributed by atoms with Crippen LogP contribution in [0, 0.1) is 0 Å². The maximum absolute atomic E-state index is 5.39. The molecule has 0 aliphatic carbocycles. The van der Waals surface area contributed by atoms with Crippen LogP contribution in [-0.2, 0) is 9.47 Å². The van der Waals surface area contributed by atoms with Gasteiger partial charge in [0.1, 0.15) is 0 Å². The summed E-state index contributed by atoms with van der Waals surface area (Å²) in [6, 6.07) is 0.406.